The lowest BCUT2D eigenvalue weighted by atomic mass is 9.74. The first-order valence-corrected chi connectivity index (χ1v) is 48.7. The van der Waals surface area contributed by atoms with Crippen LogP contribution < -0.4 is 58.9 Å². The molecule has 8 aliphatic rings. The summed E-state index contributed by atoms with van der Waals surface area (Å²) in [6.45, 7) is 19.2. The summed E-state index contributed by atoms with van der Waals surface area (Å²) in [6.07, 6.45) is 12.1. The Balaban J connectivity index is 0.000000188. The molecule has 29 nitrogen and oxygen atoms in total. The van der Waals surface area contributed by atoms with Gasteiger partial charge in [0, 0.05) is 134 Å². The fraction of sp³-hybridized carbons (Fsp3) is 0.490. The van der Waals surface area contributed by atoms with E-state index in [1.807, 2.05) is 48.7 Å². The molecule has 0 aromatic heterocycles. The molecule has 140 heavy (non-hydrogen) atoms. The Morgan fingerprint density at radius 3 is 1.54 bits per heavy atom. The summed E-state index contributed by atoms with van der Waals surface area (Å²) in [7, 11) is 3.93. The van der Waals surface area contributed by atoms with Crippen LogP contribution in [0.15, 0.2) is 127 Å². The first kappa shape index (κ1) is 114. The number of halogens is 11. The van der Waals surface area contributed by atoms with Crippen molar-refractivity contribution in [3.05, 3.63) is 208 Å². The molecule has 40 heteroatoms. The fourth-order valence-corrected chi connectivity index (χ4v) is 19.4. The minimum atomic E-state index is -1.47. The number of nitrogens with zero attached hydrogens (tertiary/aromatic N) is 3. The van der Waals surface area contributed by atoms with Crippen LogP contribution in [0.2, 0.25) is 30.1 Å². The van der Waals surface area contributed by atoms with Crippen molar-refractivity contribution in [2.45, 2.75) is 215 Å². The number of piperidine rings is 3. The number of likely N-dealkylation sites (N-methyl/N-ethyl adjacent to an activating group) is 2. The maximum atomic E-state index is 13.5. The van der Waals surface area contributed by atoms with Gasteiger partial charge in [0.2, 0.25) is 28.9 Å². The molecule has 7 atom stereocenters. The molecule has 7 unspecified atom stereocenters. The number of nitrogens with two attached hydrogens (primary N) is 1. The summed E-state index contributed by atoms with van der Waals surface area (Å²) in [4.78, 5) is 163. The molecule has 5 saturated heterocycles. The smallest absolute Gasteiger partial charge is 0.330 e. The highest BCUT2D eigenvalue weighted by Crippen LogP contribution is 2.37. The largest absolute Gasteiger partial charge is 0.479 e. The number of carboxylic acids is 1. The number of aliphatic hydroxyl groups excluding tert-OH is 1. The van der Waals surface area contributed by atoms with Crippen LogP contribution >= 0.6 is 69.6 Å². The van der Waals surface area contributed by atoms with Crippen LogP contribution in [-0.4, -0.2) is 245 Å². The van der Waals surface area contributed by atoms with Crippen LogP contribution in [0.3, 0.4) is 0 Å². The van der Waals surface area contributed by atoms with E-state index in [2.05, 4.69) is 74.8 Å². The van der Waals surface area contributed by atoms with Crippen LogP contribution in [0.25, 0.3) is 0 Å². The van der Waals surface area contributed by atoms with Crippen LogP contribution in [0.4, 0.5) is 33.3 Å². The van der Waals surface area contributed by atoms with E-state index in [0.717, 1.165) is 64.2 Å². The zero-order chi connectivity index (χ0) is 103. The maximum absolute atomic E-state index is 13.5. The molecule has 4 bridgehead atoms. The van der Waals surface area contributed by atoms with Gasteiger partial charge in [-0.3, -0.25) is 62.9 Å². The lowest BCUT2D eigenvalue weighted by Gasteiger charge is -2.56. The molecule has 0 spiro atoms. The minimum Gasteiger partial charge on any atom is -0.479 e. The minimum absolute atomic E-state index is 0.00163. The van der Waals surface area contributed by atoms with Crippen LogP contribution in [0.1, 0.15) is 154 Å². The lowest BCUT2D eigenvalue weighted by Crippen LogP contribution is -2.77. The number of aliphatic carboxylic acids is 1. The second-order valence-corrected chi connectivity index (χ2v) is 40.8. The summed E-state index contributed by atoms with van der Waals surface area (Å²) < 4.78 is 66.9. The van der Waals surface area contributed by atoms with E-state index in [9.17, 15) is 94.5 Å². The highest BCUT2D eigenvalue weighted by Gasteiger charge is 2.52. The second-order valence-electron chi connectivity index (χ2n) is 38.3. The number of hydrogen-bond donors (Lipinski definition) is 13. The highest BCUT2D eigenvalue weighted by molar-refractivity contribution is 6.44. The summed E-state index contributed by atoms with van der Waals surface area (Å²) in [5, 5.41) is 48.2. The summed E-state index contributed by atoms with van der Waals surface area (Å²) in [6, 6.07) is 28.3. The zero-order valence-corrected chi connectivity index (χ0v) is 83.9. The summed E-state index contributed by atoms with van der Waals surface area (Å²) in [5.41, 5.74) is 5.88. The number of carbonyl (C=O) groups is 13. The van der Waals surface area contributed by atoms with Crippen molar-refractivity contribution in [2.24, 2.45) is 17.6 Å². The quantitative estimate of drug-likeness (QED) is 0.0103. The van der Waals surface area contributed by atoms with E-state index in [4.69, 9.17) is 75.3 Å². The number of aliphatic hydroxyl groups is 1. The Morgan fingerprint density at radius 2 is 1.07 bits per heavy atom. The molecule has 14 rings (SSSR count). The van der Waals surface area contributed by atoms with E-state index in [0.29, 0.717) is 102 Å². The van der Waals surface area contributed by atoms with E-state index < -0.39 is 134 Å². The van der Waals surface area contributed by atoms with Crippen molar-refractivity contribution < 1.29 is 94.5 Å². The Hall–Kier alpha value is -9.60. The first-order chi connectivity index (χ1) is 65.9. The average molecular weight is 2070 g/mol. The second kappa shape index (κ2) is 52.1. The molecule has 7 fully saturated rings. The number of likely N-dealkylation sites (tertiary alicyclic amines) is 3. The molecule has 6 heterocycles. The van der Waals surface area contributed by atoms with Crippen molar-refractivity contribution in [2.75, 3.05) is 96.7 Å². The number of hydrogen-bond acceptors (Lipinski definition) is 22. The Morgan fingerprint density at radius 1 is 0.571 bits per heavy atom. The van der Waals surface area contributed by atoms with Crippen LogP contribution in [0, 0.1) is 40.9 Å². The third-order valence-electron chi connectivity index (χ3n) is 25.5. The number of nitrogens with one attached hydrogen (secondary N) is 10. The Bertz CT molecular complexity index is 5510. The molecular weight excluding hydrogens is 1940 g/mol. The van der Waals surface area contributed by atoms with Crippen LogP contribution in [-0.2, 0) is 88.0 Å². The van der Waals surface area contributed by atoms with Gasteiger partial charge in [-0.15, -0.1) is 0 Å². The van der Waals surface area contributed by atoms with Gasteiger partial charge in [-0.1, -0.05) is 113 Å². The van der Waals surface area contributed by atoms with Crippen molar-refractivity contribution >= 4 is 157 Å². The van der Waals surface area contributed by atoms with Crippen LogP contribution in [0.5, 0.6) is 0 Å². The monoisotopic (exact) mass is 2060 g/mol. The Kier molecular flexibility index (Phi) is 42.4. The summed E-state index contributed by atoms with van der Waals surface area (Å²) in [5.74, 6) is -11.4. The van der Waals surface area contributed by atoms with Gasteiger partial charge in [-0.25, -0.2) is 26.7 Å². The third kappa shape index (κ3) is 34.6. The SMILES string of the molecule is CC(CCNC1CCC1)NC(=O)C(=O)Cc1ccc(Cl)c(F)c1.CC1(C)C=C(C(=O)CC(=O)C(=O)Nc2ccc(Cl)c(F)c2)C(C)(C)N1.CCN1CCCC1CCC(O)C(=O)Nc1ccc(Cl)cc1.CN1CC2(N)CN(C)CC(NC(=O)C(=O)Cc3ccc(Cl)c(F)c3)(C1)C2.O=C(Cc1ccc(Cl)c(F)c1)C(=O)NC1(C(=O)O)CCNC1.O=C(Cc1ccc(Cl)c(F)c1)C(=O)NCC1CNC2CCC1C2. The molecule has 2 aliphatic carbocycles. The number of anilines is 2. The standard InChI is InChI=1S/C18H24ClFN4O2.C18H20ClFN2O3.C17H20ClFN2O2.C17H22ClFN2O2.C16H23ClN2O2.C14H14ClFN2O4/c1-23-8-17(21)7-18(10-23,11-24(2)9-17)22-16(26)15(25)6-12-3-4-13(19)14(20)5-12;1-17(2)9-11(18(3,4)22-17)14(23)8-15(24)16(25)21-10-5-6-12(19)13(20)7-10;18-14-4-1-10(5-15(14)19)6-16(22)17(23)21-9-12-8-20-13-3-2-11(12)7-13;1-11(7-8-20-13-3-2-4-13)21-17(23)16(22)10-12-5-6-14(18)15(19)9-12;1-2-19-11-3-4-14(19)9-10-15(20)16(21)18-13-7-5-12(17)6-8-13;15-9-2-1-8(5-10(9)16)6-11(19)12(20)18-14(13(21)22)3-4-17-7-14/h3-5H,6-11,21H2,1-2H3,(H,22,26);5-7,9,22H,8H2,1-4H3,(H,21,25);1,4-5,11-13,20H,2-3,6-9H2,(H,21,23);5-6,9,11,13,20H,2-4,7-8,10H2,1H3,(H,21,23);5-8,14-15,20H,2-4,9-11H2,1H3,(H,18,21);1-2,5,17H,3-4,6-7H2,(H,18,20)(H,21,22). The molecule has 2 saturated carbocycles. The first-order valence-electron chi connectivity index (χ1n) is 46.4. The average Bonchev–Trinajstić information content (AvgIpc) is 1.60. The molecule has 6 aromatic rings. The van der Waals surface area contributed by atoms with Gasteiger partial charge in [-0.2, -0.15) is 0 Å². The molecule has 0 radical (unpaired) electrons. The topological polar surface area (TPSA) is 418 Å². The van der Waals surface area contributed by atoms with Gasteiger partial charge in [-0.05, 0) is 277 Å². The Labute approximate surface area is 841 Å². The number of Topliss-reactive ketones (excluding diaryl/α,β-unsaturated/α-hetero) is 6. The van der Waals surface area contributed by atoms with E-state index >= 15 is 0 Å². The van der Waals surface area contributed by atoms with Crippen molar-refractivity contribution in [1.82, 2.24) is 57.2 Å². The van der Waals surface area contributed by atoms with Gasteiger partial charge in [0.15, 0.2) is 11.3 Å². The summed E-state index contributed by atoms with van der Waals surface area (Å²) >= 11 is 33.7. The van der Waals surface area contributed by atoms with E-state index in [-0.39, 0.29) is 92.5 Å². The zero-order valence-electron chi connectivity index (χ0n) is 79.4. The molecule has 14 N–H and O–H groups in total. The molecule has 6 amide bonds. The van der Waals surface area contributed by atoms with Gasteiger partial charge in [0.1, 0.15) is 35.2 Å². The maximum Gasteiger partial charge on any atom is 0.330 e. The normalized spacial score (nSPS) is 21.8. The lowest BCUT2D eigenvalue weighted by molar-refractivity contribution is -0.148. The van der Waals surface area contributed by atoms with E-state index in [1.165, 1.54) is 112 Å². The predicted molar refractivity (Wildman–Crippen MR) is 527 cm³/mol. The predicted octanol–water partition coefficient (Wildman–Crippen LogP) is 11.6. The van der Waals surface area contributed by atoms with Gasteiger partial charge in [0.25, 0.3) is 35.4 Å². The number of benzene rings is 6. The number of amides is 6. The third-order valence-corrected chi connectivity index (χ3v) is 27.3. The highest BCUT2D eigenvalue weighted by atomic mass is 35.5. The van der Waals surface area contributed by atoms with E-state index in [1.54, 1.807) is 48.5 Å². The molecule has 760 valence electrons. The molecule has 6 aromatic carbocycles. The number of carboxylic acid groups (broad SMARTS) is 1. The number of fused-ring (bicyclic) bond motifs is 4. The number of carbonyl (C=O) groups excluding carboxylic acids is 12. The van der Waals surface area contributed by atoms with Gasteiger partial charge < -0.3 is 78.5 Å². The van der Waals surface area contributed by atoms with Gasteiger partial charge >= 0.3 is 5.97 Å². The molecule has 6 aliphatic heterocycles. The fourth-order valence-electron chi connectivity index (χ4n) is 18.7. The number of ketones is 6. The van der Waals surface area contributed by atoms with Crippen molar-refractivity contribution in [3.8, 4) is 0 Å². The van der Waals surface area contributed by atoms with Crippen molar-refractivity contribution in [3.63, 3.8) is 0 Å². The molecular formula is C100H123Cl6F5N14O15. The van der Waals surface area contributed by atoms with Crippen molar-refractivity contribution in [1.29, 1.82) is 0 Å². The number of rotatable bonds is 33. The van der Waals surface area contributed by atoms with Gasteiger partial charge in [0.05, 0.1) is 37.1 Å².